The summed E-state index contributed by atoms with van der Waals surface area (Å²) >= 11 is 1.95. The summed E-state index contributed by atoms with van der Waals surface area (Å²) < 4.78 is 119. The van der Waals surface area contributed by atoms with Crippen LogP contribution in [0.5, 0.6) is 0 Å². The molecule has 0 nitrogen and oxygen atoms in total. The zero-order valence-electron chi connectivity index (χ0n) is 17.8. The molecular weight excluding hydrogens is 617 g/mol. The van der Waals surface area contributed by atoms with Gasteiger partial charge in [-0.05, 0) is 0 Å². The topological polar surface area (TPSA) is 0 Å². The summed E-state index contributed by atoms with van der Waals surface area (Å²) in [5.41, 5.74) is 0. The summed E-state index contributed by atoms with van der Waals surface area (Å²) in [5.74, 6) is -19.2. The van der Waals surface area contributed by atoms with Gasteiger partial charge in [0.25, 0.3) is 0 Å². The maximum absolute atomic E-state index is 14.8. The van der Waals surface area contributed by atoms with Crippen molar-refractivity contribution in [3.8, 4) is 0 Å². The van der Waals surface area contributed by atoms with Crippen LogP contribution >= 0.6 is 26.3 Å². The van der Waals surface area contributed by atoms with Crippen molar-refractivity contribution in [3.05, 3.63) is 91.0 Å². The van der Waals surface area contributed by atoms with Gasteiger partial charge in [0.1, 0.15) is 0 Å². The van der Waals surface area contributed by atoms with Crippen LogP contribution in [0.3, 0.4) is 0 Å². The van der Waals surface area contributed by atoms with E-state index in [-0.39, 0.29) is 0 Å². The molecule has 0 fully saturated rings. The van der Waals surface area contributed by atoms with Crippen molar-refractivity contribution in [1.82, 2.24) is 0 Å². The molecule has 190 valence electrons. The molecule has 35 heavy (non-hydrogen) atoms. The monoisotopic (exact) mass is 636 g/mol. The van der Waals surface area contributed by atoms with Gasteiger partial charge in [-0.25, -0.2) is 0 Å². The summed E-state index contributed by atoms with van der Waals surface area (Å²) in [7, 11) is 0. The van der Waals surface area contributed by atoms with Gasteiger partial charge in [0.05, 0.1) is 0 Å². The van der Waals surface area contributed by atoms with E-state index in [0.29, 0.717) is 15.9 Å². The van der Waals surface area contributed by atoms with Gasteiger partial charge in [-0.1, -0.05) is 0 Å². The molecule has 0 radical (unpaired) electrons. The predicted molar refractivity (Wildman–Crippen MR) is 130 cm³/mol. The molecule has 0 unspecified atom stereocenters. The van der Waals surface area contributed by atoms with Crippen molar-refractivity contribution < 1.29 is 39.5 Å². The molecule has 3 aromatic carbocycles. The number of hydrogen-bond acceptors (Lipinski definition) is 0. The zero-order valence-corrected chi connectivity index (χ0v) is 20.9. The molecule has 0 aromatic heterocycles. The molecule has 11 heteroatoms. The minimum atomic E-state index is -6.92. The molecule has 0 aliphatic rings. The van der Waals surface area contributed by atoms with E-state index in [9.17, 15) is 39.5 Å². The van der Waals surface area contributed by atoms with Crippen LogP contribution in [0.15, 0.2) is 91.0 Å². The molecule has 0 saturated carbocycles. The Morgan fingerprint density at radius 2 is 0.829 bits per heavy atom. The van der Waals surface area contributed by atoms with Gasteiger partial charge in [0, 0.05) is 0 Å². The van der Waals surface area contributed by atoms with Crippen LogP contribution in [0.1, 0.15) is 6.42 Å². The molecule has 0 atom stereocenters. The Balaban J connectivity index is 2.24. The van der Waals surface area contributed by atoms with Gasteiger partial charge in [-0.3, -0.25) is 0 Å². The molecule has 0 saturated heterocycles. The molecule has 0 spiro atoms. The fourth-order valence-electron chi connectivity index (χ4n) is 3.97. The van der Waals surface area contributed by atoms with Crippen molar-refractivity contribution in [2.24, 2.45) is 0 Å². The van der Waals surface area contributed by atoms with Crippen molar-refractivity contribution in [2.75, 3.05) is 6.16 Å². The second-order valence-electron chi connectivity index (χ2n) is 8.01. The number of rotatable bonds is 8. The fraction of sp³-hybridized carbons (Fsp3) is 0.250. The molecule has 0 N–H and O–H groups in total. The SMILES string of the molecule is FC(F)(F)C(F)(F)C(F)(F)C(F)(F)CCP(I)(c1ccccc1)(c1ccccc1)c1ccccc1. The molecule has 0 bridgehead atoms. The summed E-state index contributed by atoms with van der Waals surface area (Å²) in [6, 6.07) is 24.4. The Kier molecular flexibility index (Phi) is 7.34. The van der Waals surface area contributed by atoms with E-state index < -0.39 is 40.8 Å². The van der Waals surface area contributed by atoms with Gasteiger partial charge in [-0.2, -0.15) is 0 Å². The molecule has 0 amide bonds. The summed E-state index contributed by atoms with van der Waals surface area (Å²) in [5, 5.41) is 1.45. The van der Waals surface area contributed by atoms with Gasteiger partial charge in [0.2, 0.25) is 0 Å². The summed E-state index contributed by atoms with van der Waals surface area (Å²) in [6.07, 6.45) is -9.56. The Labute approximate surface area is 209 Å². The van der Waals surface area contributed by atoms with Crippen LogP contribution in [0.25, 0.3) is 0 Å². The average molecular weight is 636 g/mol. The maximum atomic E-state index is 14.8. The van der Waals surface area contributed by atoms with E-state index in [0.717, 1.165) is 0 Å². The first kappa shape index (κ1) is 27.8. The molecule has 3 aromatic rings. The summed E-state index contributed by atoms with van der Waals surface area (Å²) in [4.78, 5) is 0. The van der Waals surface area contributed by atoms with Crippen LogP contribution in [0.2, 0.25) is 0 Å². The van der Waals surface area contributed by atoms with Crippen LogP contribution in [-0.4, -0.2) is 30.1 Å². The van der Waals surface area contributed by atoms with Crippen LogP contribution in [0.4, 0.5) is 39.5 Å². The number of hydrogen-bond donors (Lipinski definition) is 0. The van der Waals surface area contributed by atoms with E-state index in [1.165, 1.54) is 0 Å². The Morgan fingerprint density at radius 3 is 1.11 bits per heavy atom. The first-order valence-electron chi connectivity index (χ1n) is 10.2. The van der Waals surface area contributed by atoms with E-state index in [1.807, 2.05) is 22.0 Å². The van der Waals surface area contributed by atoms with E-state index in [2.05, 4.69) is 0 Å². The van der Waals surface area contributed by atoms with Crippen molar-refractivity contribution >= 4 is 42.2 Å². The van der Waals surface area contributed by atoms with Crippen molar-refractivity contribution in [3.63, 3.8) is 0 Å². The number of benzene rings is 3. The second kappa shape index (κ2) is 9.25. The minimum absolute atomic E-state index is 0.484. The fourth-order valence-corrected chi connectivity index (χ4v) is 12.3. The van der Waals surface area contributed by atoms with Crippen molar-refractivity contribution in [2.45, 2.75) is 30.4 Å². The van der Waals surface area contributed by atoms with E-state index in [4.69, 9.17) is 0 Å². The van der Waals surface area contributed by atoms with Gasteiger partial charge in [0.15, 0.2) is 0 Å². The Bertz CT molecular complexity index is 1030. The third-order valence-corrected chi connectivity index (χ3v) is 17.6. The standard InChI is InChI=1S/C24H19F9IP/c25-21(26,22(27,28)23(29,30)24(31,32)33)16-17-35(34,18-10-4-1-5-11-18,19-12-6-2-7-13-19)20-14-8-3-9-15-20/h1-15H,16-17H2. The molecule has 0 aliphatic heterocycles. The molecule has 3 rings (SSSR count). The molecule has 0 aliphatic carbocycles. The van der Waals surface area contributed by atoms with Crippen LogP contribution in [0, 0.1) is 0 Å². The van der Waals surface area contributed by atoms with Crippen molar-refractivity contribution in [1.29, 1.82) is 0 Å². The first-order chi connectivity index (χ1) is 16.1. The normalized spacial score (nSPS) is 14.9. The predicted octanol–water partition coefficient (Wildman–Crippen LogP) is 7.72. The van der Waals surface area contributed by atoms with Crippen LogP contribution in [-0.2, 0) is 0 Å². The number of halogens is 10. The van der Waals surface area contributed by atoms with Gasteiger partial charge >= 0.3 is 209 Å². The Hall–Kier alpha value is -1.81. The molecular formula is C24H19F9IP. The first-order valence-corrected chi connectivity index (χ1v) is 15.4. The third-order valence-electron chi connectivity index (χ3n) is 5.94. The third kappa shape index (κ3) is 4.45. The molecule has 0 heterocycles. The van der Waals surface area contributed by atoms with Crippen LogP contribution < -0.4 is 15.9 Å². The summed E-state index contributed by atoms with van der Waals surface area (Å²) in [6.45, 7) is 0. The Morgan fingerprint density at radius 1 is 0.514 bits per heavy atom. The average Bonchev–Trinajstić information content (AvgIpc) is 2.83. The number of alkyl halides is 9. The van der Waals surface area contributed by atoms with Gasteiger partial charge < -0.3 is 0 Å². The quantitative estimate of drug-likeness (QED) is 0.135. The van der Waals surface area contributed by atoms with E-state index in [1.54, 1.807) is 91.0 Å². The van der Waals surface area contributed by atoms with E-state index >= 15 is 0 Å². The van der Waals surface area contributed by atoms with Gasteiger partial charge in [-0.15, -0.1) is 0 Å². The zero-order chi connectivity index (χ0) is 26.2. The second-order valence-corrected chi connectivity index (χ2v) is 18.8.